The minimum atomic E-state index is -1.45. The van der Waals surface area contributed by atoms with Crippen molar-refractivity contribution in [2.75, 3.05) is 0 Å². The molecule has 1 aliphatic heterocycles. The van der Waals surface area contributed by atoms with Crippen LogP contribution in [0.25, 0.3) is 0 Å². The molecule has 1 saturated heterocycles. The van der Waals surface area contributed by atoms with Gasteiger partial charge in [0.1, 0.15) is 14.2 Å². The maximum Gasteiger partial charge on any atom is 0.303 e. The Morgan fingerprint density at radius 1 is 1.21 bits per heavy atom. The Hall–Kier alpha value is -0.133. The van der Waals surface area contributed by atoms with Crippen molar-refractivity contribution in [3.8, 4) is 11.5 Å². The fraction of sp³-hybridized carbons (Fsp3) is 0.773. The molecule has 1 heterocycles. The first kappa shape index (κ1) is 26.9. The highest BCUT2D eigenvalue weighted by atomic mass is 79.9. The molecular weight excluding hydrogens is 516 g/mol. The van der Waals surface area contributed by atoms with Gasteiger partial charge >= 0.3 is 5.97 Å². The zero-order valence-electron chi connectivity index (χ0n) is 19.1. The highest BCUT2D eigenvalue weighted by Crippen LogP contribution is 2.39. The first-order valence-electron chi connectivity index (χ1n) is 10.2. The predicted molar refractivity (Wildman–Crippen MR) is 129 cm³/mol. The number of rotatable bonds is 6. The first-order valence-corrected chi connectivity index (χ1v) is 15.3. The summed E-state index contributed by atoms with van der Waals surface area (Å²) in [6.45, 7) is 18.6. The summed E-state index contributed by atoms with van der Waals surface area (Å²) in [5, 5.41) is 0. The van der Waals surface area contributed by atoms with Crippen LogP contribution in [-0.4, -0.2) is 38.1 Å². The van der Waals surface area contributed by atoms with Crippen LogP contribution in [-0.2, 0) is 19.0 Å². The number of hydrogen-bond donors (Lipinski definition) is 0. The van der Waals surface area contributed by atoms with Crippen molar-refractivity contribution in [3.63, 3.8) is 0 Å². The molecule has 1 fully saturated rings. The van der Waals surface area contributed by atoms with Gasteiger partial charge in [-0.2, -0.15) is 0 Å². The van der Waals surface area contributed by atoms with Gasteiger partial charge in [0, 0.05) is 18.8 Å². The van der Waals surface area contributed by atoms with Gasteiger partial charge in [-0.15, -0.1) is 11.5 Å². The molecule has 0 radical (unpaired) electrons. The minimum absolute atomic E-state index is 0.0133. The average molecular weight is 552 g/mol. The molecule has 0 unspecified atom stereocenters. The molecule has 6 atom stereocenters. The SMILES string of the molecule is CC(=O)O[C@H](C=C(Br)Br)C[C@H](C)[C@@H]1OC(C)(C)O[C@@H]([C@H](C)C#C[Si](C)(C)C)[C@@H]1C. The number of ether oxygens (including phenoxy) is 3. The summed E-state index contributed by atoms with van der Waals surface area (Å²) >= 11 is 6.73. The Bertz CT molecular complexity index is 656. The topological polar surface area (TPSA) is 44.8 Å². The van der Waals surface area contributed by atoms with Crippen molar-refractivity contribution < 1.29 is 19.0 Å². The second-order valence-corrected chi connectivity index (χ2v) is 17.1. The Morgan fingerprint density at radius 3 is 2.24 bits per heavy atom. The number of carbonyl (C=O) groups excluding carboxylic acids is 1. The summed E-state index contributed by atoms with van der Waals surface area (Å²) < 4.78 is 18.9. The predicted octanol–water partition coefficient (Wildman–Crippen LogP) is 6.25. The summed E-state index contributed by atoms with van der Waals surface area (Å²) in [4.78, 5) is 11.5. The van der Waals surface area contributed by atoms with Gasteiger partial charge in [-0.1, -0.05) is 33.5 Å². The smallest absolute Gasteiger partial charge is 0.303 e. The van der Waals surface area contributed by atoms with Crippen molar-refractivity contribution in [2.45, 2.75) is 91.7 Å². The fourth-order valence-electron chi connectivity index (χ4n) is 3.69. The minimum Gasteiger partial charge on any atom is -0.458 e. The van der Waals surface area contributed by atoms with Crippen LogP contribution in [0.2, 0.25) is 19.6 Å². The summed E-state index contributed by atoms with van der Waals surface area (Å²) in [5.74, 6) is 2.92. The molecule has 0 N–H and O–H groups in total. The Kier molecular flexibility index (Phi) is 10.2. The highest BCUT2D eigenvalue weighted by Gasteiger charge is 2.45. The summed E-state index contributed by atoms with van der Waals surface area (Å²) in [7, 11) is -1.45. The molecule has 0 saturated carbocycles. The molecule has 0 spiro atoms. The number of carbonyl (C=O) groups is 1. The lowest BCUT2D eigenvalue weighted by Crippen LogP contribution is -2.54. The maximum absolute atomic E-state index is 11.5. The van der Waals surface area contributed by atoms with Gasteiger partial charge in [0.15, 0.2) is 5.79 Å². The fourth-order valence-corrected chi connectivity index (χ4v) is 4.94. The summed E-state index contributed by atoms with van der Waals surface area (Å²) in [6.07, 6.45) is 2.14. The normalized spacial score (nSPS) is 27.1. The van der Waals surface area contributed by atoms with Gasteiger partial charge in [-0.05, 0) is 71.0 Å². The molecule has 0 aromatic heterocycles. The lowest BCUT2D eigenvalue weighted by molar-refractivity contribution is -0.332. The van der Waals surface area contributed by atoms with Crippen LogP contribution < -0.4 is 0 Å². The largest absolute Gasteiger partial charge is 0.458 e. The Morgan fingerprint density at radius 2 is 1.76 bits per heavy atom. The molecule has 7 heteroatoms. The molecule has 1 rings (SSSR count). The number of halogens is 2. The quantitative estimate of drug-likeness (QED) is 0.222. The summed E-state index contributed by atoms with van der Waals surface area (Å²) in [6, 6.07) is 0. The molecule has 0 aromatic rings. The van der Waals surface area contributed by atoms with E-state index in [1.54, 1.807) is 0 Å². The Labute approximate surface area is 194 Å². The lowest BCUT2D eigenvalue weighted by atomic mass is 9.81. The van der Waals surface area contributed by atoms with Gasteiger partial charge in [0.2, 0.25) is 0 Å². The second-order valence-electron chi connectivity index (χ2n) is 9.55. The van der Waals surface area contributed by atoms with E-state index in [9.17, 15) is 4.79 Å². The first-order chi connectivity index (χ1) is 13.1. The van der Waals surface area contributed by atoms with Crippen molar-refractivity contribution in [2.24, 2.45) is 17.8 Å². The van der Waals surface area contributed by atoms with Gasteiger partial charge < -0.3 is 14.2 Å². The molecule has 1 aliphatic rings. The van der Waals surface area contributed by atoms with Crippen molar-refractivity contribution in [1.82, 2.24) is 0 Å². The van der Waals surface area contributed by atoms with Crippen molar-refractivity contribution >= 4 is 45.9 Å². The number of hydrogen-bond acceptors (Lipinski definition) is 4. The molecule has 166 valence electrons. The third-order valence-electron chi connectivity index (χ3n) is 4.84. The van der Waals surface area contributed by atoms with Crippen LogP contribution in [0.5, 0.6) is 0 Å². The molecule has 0 aliphatic carbocycles. The molecular formula is C22H36Br2O4Si. The number of esters is 1. The molecule has 4 nitrogen and oxygen atoms in total. The van der Waals surface area contributed by atoms with E-state index in [0.29, 0.717) is 6.42 Å². The van der Waals surface area contributed by atoms with E-state index in [1.165, 1.54) is 6.92 Å². The lowest BCUT2D eigenvalue weighted by Gasteiger charge is -2.48. The van der Waals surface area contributed by atoms with E-state index >= 15 is 0 Å². The van der Waals surface area contributed by atoms with E-state index < -0.39 is 13.9 Å². The average Bonchev–Trinajstić information content (AvgIpc) is 2.52. The molecule has 0 bridgehead atoms. The van der Waals surface area contributed by atoms with E-state index in [-0.39, 0.29) is 42.0 Å². The van der Waals surface area contributed by atoms with E-state index in [0.717, 1.165) is 3.39 Å². The van der Waals surface area contributed by atoms with Crippen molar-refractivity contribution in [3.05, 3.63) is 9.47 Å². The van der Waals surface area contributed by atoms with Crippen LogP contribution in [0.4, 0.5) is 0 Å². The Balaban J connectivity index is 3.04. The van der Waals surface area contributed by atoms with E-state index in [2.05, 4.69) is 83.7 Å². The molecule has 0 amide bonds. The zero-order valence-corrected chi connectivity index (χ0v) is 23.3. The maximum atomic E-state index is 11.5. The van der Waals surface area contributed by atoms with Crippen molar-refractivity contribution in [1.29, 1.82) is 0 Å². The highest BCUT2D eigenvalue weighted by molar-refractivity contribution is 9.28. The molecule has 29 heavy (non-hydrogen) atoms. The van der Waals surface area contributed by atoms with Gasteiger partial charge in [-0.25, -0.2) is 0 Å². The van der Waals surface area contributed by atoms with Crippen LogP contribution in [0, 0.1) is 29.2 Å². The van der Waals surface area contributed by atoms with Crippen LogP contribution in [0.1, 0.15) is 48.0 Å². The summed E-state index contributed by atoms with van der Waals surface area (Å²) in [5.41, 5.74) is 3.48. The zero-order chi connectivity index (χ0) is 22.6. The van der Waals surface area contributed by atoms with Gasteiger partial charge in [0.05, 0.1) is 15.6 Å². The van der Waals surface area contributed by atoms with Gasteiger partial charge in [-0.3, -0.25) is 4.79 Å². The van der Waals surface area contributed by atoms with Crippen LogP contribution in [0.3, 0.4) is 0 Å². The standard InChI is InChI=1S/C22H36Br2O4Si/c1-14(10-11-29(7,8)9)20-16(3)21(28-22(5,6)27-20)15(2)12-18(13-19(23)24)26-17(4)25/h13-16,18,20-21H,12H2,1-9H3/t14-,15+,16+,18+,20+,21+/m1/s1. The third-order valence-corrected chi connectivity index (χ3v) is 6.26. The third kappa shape index (κ3) is 9.69. The van der Waals surface area contributed by atoms with Crippen LogP contribution >= 0.6 is 31.9 Å². The second kappa shape index (κ2) is 10.9. The van der Waals surface area contributed by atoms with Crippen LogP contribution in [0.15, 0.2) is 9.47 Å². The monoisotopic (exact) mass is 550 g/mol. The van der Waals surface area contributed by atoms with Gasteiger partial charge in [0.25, 0.3) is 0 Å². The van der Waals surface area contributed by atoms with E-state index in [1.807, 2.05) is 19.9 Å². The van der Waals surface area contributed by atoms with E-state index in [4.69, 9.17) is 14.2 Å². The molecule has 0 aromatic carbocycles.